The van der Waals surface area contributed by atoms with Crippen molar-refractivity contribution in [3.05, 3.63) is 70.9 Å². The van der Waals surface area contributed by atoms with Crippen molar-refractivity contribution in [2.45, 2.75) is 92.6 Å². The van der Waals surface area contributed by atoms with E-state index in [0.717, 1.165) is 22.0 Å². The zero-order chi connectivity index (χ0) is 42.1. The number of anilines is 1. The van der Waals surface area contributed by atoms with E-state index in [2.05, 4.69) is 20.2 Å². The Balaban J connectivity index is 1.38. The number of carbonyl (C=O) groups is 2. The van der Waals surface area contributed by atoms with Crippen LogP contribution in [0.1, 0.15) is 72.4 Å². The van der Waals surface area contributed by atoms with Gasteiger partial charge in [0, 0.05) is 84.0 Å². The summed E-state index contributed by atoms with van der Waals surface area (Å²) in [6.45, 7) is 6.74. The molecule has 0 radical (unpaired) electrons. The maximum atomic E-state index is 15.5. The van der Waals surface area contributed by atoms with Crippen molar-refractivity contribution in [3.8, 4) is 5.75 Å². The molecule has 3 aromatic rings. The summed E-state index contributed by atoms with van der Waals surface area (Å²) in [5, 5.41) is 38.2. The molecule has 13 nitrogen and oxygen atoms in total. The number of fused-ring (bicyclic) bond motifs is 6. The van der Waals surface area contributed by atoms with Crippen LogP contribution in [0.25, 0.3) is 10.9 Å². The maximum absolute atomic E-state index is 15.5. The molecule has 7 N–H and O–H groups in total. The van der Waals surface area contributed by atoms with Crippen LogP contribution in [-0.2, 0) is 31.6 Å². The molecule has 2 aromatic carbocycles. The monoisotopic (exact) mass is 773 g/mol. The number of aromatic amines is 1. The molecular weight excluding hydrogens is 714 g/mol. The number of methoxy groups -OCH3 is 2. The predicted molar refractivity (Wildman–Crippen MR) is 211 cm³/mol. The highest BCUT2D eigenvalue weighted by atomic mass is 16.5. The number of nitrogens with one attached hydrogen (secondary N) is 2. The largest absolute Gasteiger partial charge is 0.496 e. The van der Waals surface area contributed by atoms with E-state index in [1.165, 1.54) is 7.11 Å². The predicted octanol–water partition coefficient (Wildman–Crippen LogP) is 2.24. The van der Waals surface area contributed by atoms with Crippen LogP contribution in [0.15, 0.2) is 48.6 Å². The molecule has 5 aliphatic heterocycles. The SMILES string of the molecule is [2H]C([2H])([2H])OC(=O)[C@@]1(c2cc3c(cc2OC)N(C)[C@H]2[C@@](O)(C(=O)[15NH][15NH2])[C@H](O)[C@]4(CC)C=CCN5CC[C@]32[C@@H]54)C[C@H]2CN(CCc3c1[nH]c1ccccc31)C[C@@](O)(CC)C2. The van der Waals surface area contributed by atoms with Gasteiger partial charge in [-0.25, -0.2) is 5.84 Å². The van der Waals surface area contributed by atoms with Gasteiger partial charge in [-0.2, -0.15) is 0 Å². The first-order chi connectivity index (χ1) is 28.0. The highest BCUT2D eigenvalue weighted by molar-refractivity contribution is 5.95. The molecule has 1 spiro atoms. The average molecular weight is 774 g/mol. The third-order valence-electron chi connectivity index (χ3n) is 15.2. The van der Waals surface area contributed by atoms with E-state index in [9.17, 15) is 20.1 Å². The normalized spacial score (nSPS) is 39.5. The number of benzene rings is 2. The number of hydrazine groups is 1. The van der Waals surface area contributed by atoms with Gasteiger partial charge in [0.15, 0.2) is 5.60 Å². The number of para-hydroxylation sites is 1. The van der Waals surface area contributed by atoms with Crippen molar-refractivity contribution in [2.24, 2.45) is 17.2 Å². The first-order valence-corrected chi connectivity index (χ1v) is 20.0. The number of carbonyl (C=O) groups excluding carboxylic acids is 2. The fraction of sp³-hybridized carbons (Fsp3) is 0.581. The third-order valence-corrected chi connectivity index (χ3v) is 15.2. The molecule has 3 fully saturated rings. The van der Waals surface area contributed by atoms with Crippen molar-refractivity contribution in [2.75, 3.05) is 58.8 Å². The summed E-state index contributed by atoms with van der Waals surface area (Å²) in [6, 6.07) is 10.1. The van der Waals surface area contributed by atoms with E-state index >= 15 is 4.79 Å². The van der Waals surface area contributed by atoms with E-state index in [1.54, 1.807) is 7.05 Å². The van der Waals surface area contributed by atoms with Crippen LogP contribution in [0.2, 0.25) is 0 Å². The van der Waals surface area contributed by atoms with Gasteiger partial charge in [-0.1, -0.05) is 44.2 Å². The summed E-state index contributed by atoms with van der Waals surface area (Å²) in [4.78, 5) is 39.6. The van der Waals surface area contributed by atoms with Crippen LogP contribution in [0.3, 0.4) is 0 Å². The average Bonchev–Trinajstić information content (AvgIpc) is 3.87. The van der Waals surface area contributed by atoms with Gasteiger partial charge in [0.2, 0.25) is 0 Å². The highest BCUT2D eigenvalue weighted by Crippen LogP contribution is 2.67. The molecule has 9 rings (SSSR count). The van der Waals surface area contributed by atoms with Gasteiger partial charge in [-0.05, 0) is 74.2 Å². The zero-order valence-corrected chi connectivity index (χ0v) is 32.6. The first-order valence-electron chi connectivity index (χ1n) is 21.5. The van der Waals surface area contributed by atoms with Crippen molar-refractivity contribution < 1.29 is 38.5 Å². The van der Waals surface area contributed by atoms with Crippen molar-refractivity contribution >= 4 is 28.5 Å². The Morgan fingerprint density at radius 1 is 1.11 bits per heavy atom. The van der Waals surface area contributed by atoms with Crippen molar-refractivity contribution in [1.82, 2.24) is 20.2 Å². The highest BCUT2D eigenvalue weighted by Gasteiger charge is 2.78. The molecule has 6 heterocycles. The van der Waals surface area contributed by atoms with Crippen LogP contribution in [0.5, 0.6) is 5.75 Å². The lowest BCUT2D eigenvalue weighted by atomic mass is 9.47. The number of amides is 1. The minimum absolute atomic E-state index is 0.0807. The second-order valence-electron chi connectivity index (χ2n) is 17.5. The second-order valence-corrected chi connectivity index (χ2v) is 17.5. The number of nitrogens with zero attached hydrogens (tertiary/aromatic N) is 3. The summed E-state index contributed by atoms with van der Waals surface area (Å²) in [7, 11) is 0.189. The Morgan fingerprint density at radius 2 is 1.91 bits per heavy atom. The topological polar surface area (TPSA) is 177 Å². The first kappa shape index (κ1) is 34.1. The fourth-order valence-corrected chi connectivity index (χ4v) is 13.1. The van der Waals surface area contributed by atoms with E-state index in [1.807, 2.05) is 67.3 Å². The Kier molecular flexibility index (Phi) is 7.77. The molecule has 56 heavy (non-hydrogen) atoms. The number of esters is 1. The lowest BCUT2D eigenvalue weighted by Crippen LogP contribution is -2.82. The van der Waals surface area contributed by atoms with Gasteiger partial charge in [-0.15, -0.1) is 0 Å². The summed E-state index contributed by atoms with van der Waals surface area (Å²) < 4.78 is 36.7. The number of rotatable bonds is 6. The molecule has 1 unspecified atom stereocenters. The number of aliphatic hydroxyl groups excluding tert-OH is 1. The molecule has 1 aliphatic carbocycles. The smallest absolute Gasteiger partial charge is 0.322 e. The molecule has 1 saturated carbocycles. The van der Waals surface area contributed by atoms with Gasteiger partial charge < -0.3 is 34.7 Å². The fourth-order valence-electron chi connectivity index (χ4n) is 13.1. The molecule has 2 saturated heterocycles. The number of H-pyrrole nitrogens is 1. The molecule has 2 bridgehead atoms. The van der Waals surface area contributed by atoms with Crippen LogP contribution in [-0.4, -0.2) is 125 Å². The molecule has 1 amide bonds. The van der Waals surface area contributed by atoms with Gasteiger partial charge in [0.1, 0.15) is 17.3 Å². The molecule has 1 aromatic heterocycles. The van der Waals surface area contributed by atoms with E-state index in [-0.39, 0.29) is 24.1 Å². The number of aliphatic hydroxyl groups is 3. The van der Waals surface area contributed by atoms with E-state index in [4.69, 9.17) is 19.4 Å². The van der Waals surface area contributed by atoms with Crippen LogP contribution in [0, 0.1) is 11.3 Å². The Labute approximate surface area is 332 Å². The summed E-state index contributed by atoms with van der Waals surface area (Å²) in [6.07, 6.45) is 4.74. The number of hydrogen-bond donors (Lipinski definition) is 6. The van der Waals surface area contributed by atoms with E-state index in [0.29, 0.717) is 81.8 Å². The summed E-state index contributed by atoms with van der Waals surface area (Å²) in [5.41, 5.74) is -1.26. The van der Waals surface area contributed by atoms with E-state index < -0.39 is 58.5 Å². The Bertz CT molecular complexity index is 2250. The maximum Gasteiger partial charge on any atom is 0.322 e. The minimum Gasteiger partial charge on any atom is -0.496 e. The summed E-state index contributed by atoms with van der Waals surface area (Å²) in [5.74, 6) is 3.93. The molecule has 300 valence electrons. The van der Waals surface area contributed by atoms with Gasteiger partial charge in [0.05, 0.1) is 29.9 Å². The molecule has 13 heteroatoms. The number of nitrogens with two attached hydrogens (primary N) is 1. The number of aromatic nitrogens is 1. The minimum atomic E-state index is -3.10. The van der Waals surface area contributed by atoms with Gasteiger partial charge >= 0.3 is 5.97 Å². The van der Waals surface area contributed by atoms with Crippen LogP contribution in [0.4, 0.5) is 5.69 Å². The number of hydrogen-bond acceptors (Lipinski definition) is 11. The van der Waals surface area contributed by atoms with Crippen LogP contribution < -0.4 is 20.9 Å². The Morgan fingerprint density at radius 3 is 2.64 bits per heavy atom. The van der Waals surface area contributed by atoms with Gasteiger partial charge in [0.25, 0.3) is 5.91 Å². The summed E-state index contributed by atoms with van der Waals surface area (Å²) >= 11 is 0. The van der Waals surface area contributed by atoms with Crippen molar-refractivity contribution in [3.63, 3.8) is 0 Å². The third kappa shape index (κ3) is 4.58. The number of ether oxygens (including phenoxy) is 2. The molecule has 6 aliphatic rings. The number of likely N-dealkylation sites (N-methyl/N-ethyl adjacent to an activating group) is 1. The second kappa shape index (κ2) is 12.8. The van der Waals surface area contributed by atoms with Crippen LogP contribution >= 0.6 is 0 Å². The van der Waals surface area contributed by atoms with Gasteiger partial charge in [-0.3, -0.25) is 24.8 Å². The standard InChI is InChI=1S/C43H56N6O7/c1-6-39(53)21-25-22-42(38(52)56-5,33-27(13-17-48(23-25)24-39)26-11-8-9-12-30(26)45-33)29-19-28-31(20-32(29)55-4)47(3)35-41(28)15-18-49-16-10-14-40(7-2,34(41)49)36(50)43(35,54)37(51)46-44/h8-12,14,19-20,25,34-36,45,50,53-54H,6-7,13,15-18,21-24,44H2,1-5H3,(H,46,51)/t25-,34-,35+,36+,39+,40+,41+,42+,43-/m0/s1/i5D3,44+1,46+1. The Hall–Kier alpha value is -3.98. The molecular formula is C43H56N6O7. The lowest BCUT2D eigenvalue weighted by Gasteiger charge is -2.63. The number of piperidine rings is 1. The quantitative estimate of drug-likeness (QED) is 0.0541. The van der Waals surface area contributed by atoms with Crippen molar-refractivity contribution in [1.29, 1.82) is 0 Å². The lowest BCUT2D eigenvalue weighted by molar-refractivity contribution is -0.203. The molecule has 10 atom stereocenters. The zero-order valence-electron chi connectivity index (χ0n) is 35.6.